The van der Waals surface area contributed by atoms with Crippen LogP contribution in [0, 0.1) is 13.8 Å². The first kappa shape index (κ1) is 16.5. The van der Waals surface area contributed by atoms with Gasteiger partial charge in [0.15, 0.2) is 0 Å². The fourth-order valence-electron chi connectivity index (χ4n) is 1.66. The van der Waals surface area contributed by atoms with Crippen molar-refractivity contribution in [2.45, 2.75) is 32.7 Å². The monoisotopic (exact) mass is 298 g/mol. The number of carbonyl (C=O) groups excluding carboxylic acids is 2. The number of amides is 2. The number of urea groups is 1. The van der Waals surface area contributed by atoms with Crippen molar-refractivity contribution in [3.63, 3.8) is 0 Å². The van der Waals surface area contributed by atoms with Crippen molar-refractivity contribution in [2.75, 3.05) is 12.4 Å². The summed E-state index contributed by atoms with van der Waals surface area (Å²) in [6.45, 7) is 3.42. The Morgan fingerprint density at radius 1 is 1.38 bits per heavy atom. The topological polar surface area (TPSA) is 133 Å². The van der Waals surface area contributed by atoms with Gasteiger partial charge in [-0.05, 0) is 20.3 Å². The number of nitrogens with zero attached hydrogens (tertiary/aromatic N) is 1. The van der Waals surface area contributed by atoms with Gasteiger partial charge in [-0.1, -0.05) is 0 Å². The number of hydrogen-bond acceptors (Lipinski definition) is 5. The second-order valence-corrected chi connectivity index (χ2v) is 4.41. The maximum absolute atomic E-state index is 11.8. The number of H-pyrrole nitrogens is 1. The molecule has 21 heavy (non-hydrogen) atoms. The number of aromatic amines is 1. The average Bonchev–Trinajstić information content (AvgIpc) is 2.74. The number of anilines is 1. The van der Waals surface area contributed by atoms with Crippen molar-refractivity contribution in [3.05, 3.63) is 11.4 Å². The number of aliphatic carboxylic acids is 1. The highest BCUT2D eigenvalue weighted by atomic mass is 16.5. The molecule has 1 aromatic heterocycles. The lowest BCUT2D eigenvalue weighted by Gasteiger charge is -2.14. The number of carbonyl (C=O) groups is 3. The molecule has 0 saturated heterocycles. The van der Waals surface area contributed by atoms with Crippen LogP contribution >= 0.6 is 0 Å². The van der Waals surface area contributed by atoms with E-state index in [1.807, 2.05) is 0 Å². The normalized spacial score (nSPS) is 11.6. The standard InChI is InChI=1S/C12H18N4O5/c1-6-10(7(2)16-15-6)14-12(20)13-8(11(18)19)4-5-9(17)21-3/h8H,4-5H2,1-3H3,(H,15,16)(H,18,19)(H2,13,14,20)/t8-/m1/s1. The molecular formula is C12H18N4O5. The van der Waals surface area contributed by atoms with Crippen LogP contribution in [-0.2, 0) is 14.3 Å². The van der Waals surface area contributed by atoms with Crippen molar-refractivity contribution in [2.24, 2.45) is 0 Å². The van der Waals surface area contributed by atoms with Crippen molar-refractivity contribution >= 4 is 23.7 Å². The minimum atomic E-state index is -1.23. The van der Waals surface area contributed by atoms with Gasteiger partial charge in [-0.2, -0.15) is 5.10 Å². The minimum Gasteiger partial charge on any atom is -0.480 e. The van der Waals surface area contributed by atoms with E-state index in [9.17, 15) is 14.4 Å². The Balaban J connectivity index is 2.61. The number of nitrogens with one attached hydrogen (secondary N) is 3. The van der Waals surface area contributed by atoms with Gasteiger partial charge < -0.3 is 20.5 Å². The predicted molar refractivity (Wildman–Crippen MR) is 72.9 cm³/mol. The van der Waals surface area contributed by atoms with Crippen LogP contribution < -0.4 is 10.6 Å². The number of methoxy groups -OCH3 is 1. The van der Waals surface area contributed by atoms with Crippen molar-refractivity contribution in [1.29, 1.82) is 0 Å². The zero-order chi connectivity index (χ0) is 16.0. The van der Waals surface area contributed by atoms with Gasteiger partial charge in [-0.25, -0.2) is 9.59 Å². The molecule has 0 aliphatic rings. The van der Waals surface area contributed by atoms with E-state index in [0.29, 0.717) is 17.1 Å². The Kier molecular flexibility index (Phi) is 5.70. The molecule has 0 aliphatic carbocycles. The van der Waals surface area contributed by atoms with E-state index in [0.717, 1.165) is 0 Å². The van der Waals surface area contributed by atoms with E-state index >= 15 is 0 Å². The lowest BCUT2D eigenvalue weighted by Crippen LogP contribution is -2.43. The number of esters is 1. The van der Waals surface area contributed by atoms with Crippen molar-refractivity contribution in [3.8, 4) is 0 Å². The van der Waals surface area contributed by atoms with Crippen LogP contribution in [0.3, 0.4) is 0 Å². The Hall–Kier alpha value is -2.58. The third-order valence-corrected chi connectivity index (χ3v) is 2.83. The number of carboxylic acid groups (broad SMARTS) is 1. The largest absolute Gasteiger partial charge is 0.480 e. The van der Waals surface area contributed by atoms with Crippen LogP contribution in [0.2, 0.25) is 0 Å². The highest BCUT2D eigenvalue weighted by molar-refractivity contribution is 5.93. The van der Waals surface area contributed by atoms with Crippen LogP contribution in [-0.4, -0.2) is 46.4 Å². The van der Waals surface area contributed by atoms with Crippen LogP contribution in [0.5, 0.6) is 0 Å². The van der Waals surface area contributed by atoms with Crippen LogP contribution in [0.4, 0.5) is 10.5 Å². The summed E-state index contributed by atoms with van der Waals surface area (Å²) in [5.74, 6) is -1.76. The molecular weight excluding hydrogens is 280 g/mol. The number of aryl methyl sites for hydroxylation is 2. The summed E-state index contributed by atoms with van der Waals surface area (Å²) in [6.07, 6.45) is -0.156. The van der Waals surface area contributed by atoms with Crippen LogP contribution in [0.1, 0.15) is 24.2 Å². The second-order valence-electron chi connectivity index (χ2n) is 4.41. The maximum Gasteiger partial charge on any atom is 0.326 e. The fourth-order valence-corrected chi connectivity index (χ4v) is 1.66. The minimum absolute atomic E-state index is 0.0568. The van der Waals surface area contributed by atoms with Crippen molar-refractivity contribution in [1.82, 2.24) is 15.5 Å². The molecule has 0 aliphatic heterocycles. The molecule has 9 heteroatoms. The van der Waals surface area contributed by atoms with Crippen molar-refractivity contribution < 1.29 is 24.2 Å². The summed E-state index contributed by atoms with van der Waals surface area (Å²) in [5.41, 5.74) is 1.73. The molecule has 9 nitrogen and oxygen atoms in total. The molecule has 1 atom stereocenters. The Morgan fingerprint density at radius 3 is 2.52 bits per heavy atom. The Labute approximate surface area is 121 Å². The molecule has 1 aromatic rings. The molecule has 0 saturated carbocycles. The number of carboxylic acids is 1. The highest BCUT2D eigenvalue weighted by Crippen LogP contribution is 2.15. The SMILES string of the molecule is COC(=O)CC[C@@H](NC(=O)Nc1c(C)n[nH]c1C)C(=O)O. The number of hydrogen-bond donors (Lipinski definition) is 4. The first-order valence-corrected chi connectivity index (χ1v) is 6.23. The van der Waals surface area contributed by atoms with Gasteiger partial charge in [-0.3, -0.25) is 9.89 Å². The van der Waals surface area contributed by atoms with E-state index in [1.54, 1.807) is 13.8 Å². The molecule has 0 spiro atoms. The fraction of sp³-hybridized carbons (Fsp3) is 0.500. The molecule has 116 valence electrons. The third-order valence-electron chi connectivity index (χ3n) is 2.83. The van der Waals surface area contributed by atoms with Gasteiger partial charge >= 0.3 is 18.0 Å². The summed E-state index contributed by atoms with van der Waals surface area (Å²) in [5, 5.41) is 20.4. The summed E-state index contributed by atoms with van der Waals surface area (Å²) in [6, 6.07) is -1.86. The van der Waals surface area contributed by atoms with Gasteiger partial charge in [0.05, 0.1) is 24.2 Å². The van der Waals surface area contributed by atoms with Gasteiger partial charge in [-0.15, -0.1) is 0 Å². The number of rotatable bonds is 6. The number of aromatic nitrogens is 2. The van der Waals surface area contributed by atoms with Crippen LogP contribution in [0.15, 0.2) is 0 Å². The Morgan fingerprint density at radius 2 is 2.05 bits per heavy atom. The summed E-state index contributed by atoms with van der Waals surface area (Å²) in [7, 11) is 1.21. The molecule has 0 unspecified atom stereocenters. The van der Waals surface area contributed by atoms with Gasteiger partial charge in [0.2, 0.25) is 0 Å². The molecule has 0 bridgehead atoms. The van der Waals surface area contributed by atoms with Gasteiger partial charge in [0, 0.05) is 6.42 Å². The molecule has 0 aromatic carbocycles. The third kappa shape index (κ3) is 4.79. The molecule has 2 amide bonds. The van der Waals surface area contributed by atoms with Gasteiger partial charge in [0.25, 0.3) is 0 Å². The van der Waals surface area contributed by atoms with E-state index in [1.165, 1.54) is 7.11 Å². The zero-order valence-corrected chi connectivity index (χ0v) is 12.0. The lowest BCUT2D eigenvalue weighted by molar-refractivity contribution is -0.142. The highest BCUT2D eigenvalue weighted by Gasteiger charge is 2.22. The summed E-state index contributed by atoms with van der Waals surface area (Å²) < 4.78 is 4.43. The smallest absolute Gasteiger partial charge is 0.326 e. The first-order valence-electron chi connectivity index (χ1n) is 6.23. The molecule has 0 radical (unpaired) electrons. The molecule has 1 rings (SSSR count). The molecule has 1 heterocycles. The second kappa shape index (κ2) is 7.27. The van der Waals surface area contributed by atoms with Gasteiger partial charge in [0.1, 0.15) is 6.04 Å². The Bertz CT molecular complexity index is 520. The van der Waals surface area contributed by atoms with E-state index in [4.69, 9.17) is 5.11 Å². The molecule has 0 fully saturated rings. The predicted octanol–water partition coefficient (Wildman–Crippen LogP) is 0.554. The first-order chi connectivity index (χ1) is 9.85. The average molecular weight is 298 g/mol. The van der Waals surface area contributed by atoms with Crippen LogP contribution in [0.25, 0.3) is 0 Å². The van der Waals surface area contributed by atoms with E-state index in [2.05, 4.69) is 25.6 Å². The maximum atomic E-state index is 11.8. The van der Waals surface area contributed by atoms with E-state index in [-0.39, 0.29) is 12.8 Å². The summed E-state index contributed by atoms with van der Waals surface area (Å²) in [4.78, 5) is 33.9. The van der Waals surface area contributed by atoms with E-state index < -0.39 is 24.0 Å². The quantitative estimate of drug-likeness (QED) is 0.567. The number of ether oxygens (including phenoxy) is 1. The molecule has 4 N–H and O–H groups in total. The summed E-state index contributed by atoms with van der Waals surface area (Å²) >= 11 is 0. The lowest BCUT2D eigenvalue weighted by atomic mass is 10.1. The zero-order valence-electron chi connectivity index (χ0n) is 12.0.